The van der Waals surface area contributed by atoms with Crippen LogP contribution in [0.15, 0.2) is 36.5 Å². The summed E-state index contributed by atoms with van der Waals surface area (Å²) in [6, 6.07) is -0.833. The molecule has 0 saturated carbocycles. The number of carbonyl (C=O) groups excluding carboxylic acids is 1. The molecule has 0 radical (unpaired) electrons. The van der Waals surface area contributed by atoms with Crippen LogP contribution in [0.4, 0.5) is 0 Å². The third kappa shape index (κ3) is 52.2. The van der Waals surface area contributed by atoms with E-state index >= 15 is 0 Å². The molecule has 5 heteroatoms. The second-order valence-electron chi connectivity index (χ2n) is 20.9. The Labute approximate surface area is 419 Å². The van der Waals surface area contributed by atoms with Gasteiger partial charge in [-0.15, -0.1) is 0 Å². The van der Waals surface area contributed by atoms with E-state index in [1.165, 1.54) is 257 Å². The third-order valence-corrected chi connectivity index (χ3v) is 14.2. The highest BCUT2D eigenvalue weighted by molar-refractivity contribution is 5.76. The highest BCUT2D eigenvalue weighted by atomic mass is 16.3. The van der Waals surface area contributed by atoms with E-state index in [-0.39, 0.29) is 12.5 Å². The van der Waals surface area contributed by atoms with Gasteiger partial charge in [-0.2, -0.15) is 0 Å². The summed E-state index contributed by atoms with van der Waals surface area (Å²) in [6.07, 6.45) is 74.6. The van der Waals surface area contributed by atoms with Crippen molar-refractivity contribution in [2.75, 3.05) is 6.61 Å². The van der Waals surface area contributed by atoms with Crippen molar-refractivity contribution in [1.82, 2.24) is 5.32 Å². The van der Waals surface area contributed by atoms with Crippen molar-refractivity contribution in [3.63, 3.8) is 0 Å². The number of hydrogen-bond donors (Lipinski definition) is 4. The minimum Gasteiger partial charge on any atom is -0.394 e. The lowest BCUT2D eigenvalue weighted by Gasteiger charge is -2.26. The Kier molecular flexibility index (Phi) is 55.9. The largest absolute Gasteiger partial charge is 0.394 e. The van der Waals surface area contributed by atoms with E-state index in [0.717, 1.165) is 44.9 Å². The van der Waals surface area contributed by atoms with Gasteiger partial charge in [-0.3, -0.25) is 4.79 Å². The van der Waals surface area contributed by atoms with Crippen molar-refractivity contribution in [2.45, 2.75) is 347 Å². The van der Waals surface area contributed by atoms with Gasteiger partial charge >= 0.3 is 0 Å². The Balaban J connectivity index is 3.55. The molecule has 3 unspecified atom stereocenters. The van der Waals surface area contributed by atoms with Gasteiger partial charge in [0.05, 0.1) is 18.8 Å². The van der Waals surface area contributed by atoms with Crippen LogP contribution in [0.3, 0.4) is 0 Å². The van der Waals surface area contributed by atoms with Crippen LogP contribution >= 0.6 is 0 Å². The fourth-order valence-corrected chi connectivity index (χ4v) is 9.53. The summed E-state index contributed by atoms with van der Waals surface area (Å²) in [7, 11) is 0. The molecule has 0 aliphatic carbocycles. The first-order valence-electron chi connectivity index (χ1n) is 30.3. The Morgan fingerprint density at radius 1 is 0.358 bits per heavy atom. The second-order valence-corrected chi connectivity index (χ2v) is 20.9. The van der Waals surface area contributed by atoms with Gasteiger partial charge in [-0.25, -0.2) is 0 Å². The van der Waals surface area contributed by atoms with Gasteiger partial charge in [-0.05, 0) is 77.0 Å². The summed E-state index contributed by atoms with van der Waals surface area (Å²) >= 11 is 0. The number of nitrogens with one attached hydrogen (secondary N) is 1. The summed E-state index contributed by atoms with van der Waals surface area (Å²) in [6.45, 7) is 4.20. The van der Waals surface area contributed by atoms with E-state index in [1.807, 2.05) is 0 Å². The van der Waals surface area contributed by atoms with Crippen molar-refractivity contribution >= 4 is 5.91 Å². The average molecular weight is 943 g/mol. The topological polar surface area (TPSA) is 89.8 Å². The quantitative estimate of drug-likeness (QED) is 0.0361. The molecule has 1 amide bonds. The van der Waals surface area contributed by atoms with Gasteiger partial charge in [0.2, 0.25) is 5.91 Å². The highest BCUT2D eigenvalue weighted by Crippen LogP contribution is 2.17. The predicted molar refractivity (Wildman–Crippen MR) is 296 cm³/mol. The SMILES string of the molecule is CCCCCCCCCCCCCC/C=C\CCCCCCCCCCCCCCCCCC(=O)NC(CO)C(O)C(O)CCC/C=C/CC/C=C/CCCCCCCCCCCCCCC. The van der Waals surface area contributed by atoms with E-state index in [0.29, 0.717) is 12.8 Å². The van der Waals surface area contributed by atoms with Crippen LogP contribution < -0.4 is 5.32 Å². The summed E-state index contributed by atoms with van der Waals surface area (Å²) in [5.41, 5.74) is 0. The van der Waals surface area contributed by atoms with Crippen molar-refractivity contribution in [3.05, 3.63) is 36.5 Å². The maximum absolute atomic E-state index is 12.5. The van der Waals surface area contributed by atoms with E-state index in [4.69, 9.17) is 0 Å². The lowest BCUT2D eigenvalue weighted by molar-refractivity contribution is -0.124. The van der Waals surface area contributed by atoms with Gasteiger partial charge in [0.1, 0.15) is 6.10 Å². The zero-order valence-electron chi connectivity index (χ0n) is 45.3. The number of allylic oxidation sites excluding steroid dienone is 6. The first kappa shape index (κ1) is 65.6. The molecule has 396 valence electrons. The molecule has 0 aliphatic heterocycles. The number of hydrogen-bond acceptors (Lipinski definition) is 4. The molecule has 0 bridgehead atoms. The van der Waals surface area contributed by atoms with Gasteiger partial charge in [0.25, 0.3) is 0 Å². The number of unbranched alkanes of at least 4 members (excludes halogenated alkanes) is 42. The molecule has 0 fully saturated rings. The molecule has 5 nitrogen and oxygen atoms in total. The van der Waals surface area contributed by atoms with E-state index < -0.39 is 18.2 Å². The standard InChI is InChI=1S/C62H119NO4/c1-3-5-7-9-11-13-15-17-19-21-23-25-27-28-29-30-31-32-33-34-35-37-39-41-43-45-47-49-51-53-55-57-61(66)63-59(58-64)62(67)60(65)56-54-52-50-48-46-44-42-40-38-36-26-24-22-20-18-16-14-12-10-8-6-4-2/h28-29,40,42,48,50,59-60,62,64-65,67H,3-27,30-39,41,43-47,49,51-58H2,1-2H3,(H,63,66)/b29-28-,42-40+,50-48+. The molecule has 4 N–H and O–H groups in total. The predicted octanol–water partition coefficient (Wildman–Crippen LogP) is 19.0. The molecular weight excluding hydrogens is 823 g/mol. The fraction of sp³-hybridized carbons (Fsp3) is 0.887. The lowest BCUT2D eigenvalue weighted by atomic mass is 10.0. The Morgan fingerprint density at radius 3 is 0.910 bits per heavy atom. The normalized spacial score (nSPS) is 13.4. The van der Waals surface area contributed by atoms with Crippen molar-refractivity contribution in [3.8, 4) is 0 Å². The van der Waals surface area contributed by atoms with Crippen molar-refractivity contribution in [1.29, 1.82) is 0 Å². The monoisotopic (exact) mass is 942 g/mol. The third-order valence-electron chi connectivity index (χ3n) is 14.2. The number of carbonyl (C=O) groups is 1. The molecule has 67 heavy (non-hydrogen) atoms. The molecule has 0 heterocycles. The van der Waals surface area contributed by atoms with Gasteiger partial charge in [0, 0.05) is 6.42 Å². The zero-order valence-corrected chi connectivity index (χ0v) is 45.3. The lowest BCUT2D eigenvalue weighted by Crippen LogP contribution is -2.50. The van der Waals surface area contributed by atoms with Crippen LogP contribution in [0.5, 0.6) is 0 Å². The van der Waals surface area contributed by atoms with Crippen molar-refractivity contribution < 1.29 is 20.1 Å². The molecule has 0 aromatic rings. The van der Waals surface area contributed by atoms with E-state index in [2.05, 4.69) is 55.6 Å². The van der Waals surface area contributed by atoms with E-state index in [1.54, 1.807) is 0 Å². The van der Waals surface area contributed by atoms with Crippen LogP contribution in [0.2, 0.25) is 0 Å². The van der Waals surface area contributed by atoms with Crippen LogP contribution in [0, 0.1) is 0 Å². The molecule has 3 atom stereocenters. The number of aliphatic hydroxyl groups excluding tert-OH is 3. The maximum atomic E-state index is 12.5. The zero-order chi connectivity index (χ0) is 48.6. The number of rotatable bonds is 56. The minimum absolute atomic E-state index is 0.154. The van der Waals surface area contributed by atoms with Gasteiger partial charge < -0.3 is 20.6 Å². The summed E-state index contributed by atoms with van der Waals surface area (Å²) < 4.78 is 0. The smallest absolute Gasteiger partial charge is 0.220 e. The number of amides is 1. The Bertz CT molecular complexity index is 1040. The van der Waals surface area contributed by atoms with Gasteiger partial charge in [-0.1, -0.05) is 281 Å². The molecule has 0 aromatic carbocycles. The molecular formula is C62H119NO4. The first-order chi connectivity index (χ1) is 33.1. The summed E-state index contributed by atoms with van der Waals surface area (Å²) in [5, 5.41) is 33.8. The van der Waals surface area contributed by atoms with E-state index in [9.17, 15) is 20.1 Å². The molecule has 0 aliphatic rings. The van der Waals surface area contributed by atoms with Gasteiger partial charge in [0.15, 0.2) is 0 Å². The minimum atomic E-state index is -1.17. The molecule has 0 spiro atoms. The first-order valence-corrected chi connectivity index (χ1v) is 30.3. The van der Waals surface area contributed by atoms with Crippen LogP contribution in [0.1, 0.15) is 328 Å². The molecule has 0 saturated heterocycles. The second kappa shape index (κ2) is 57.2. The highest BCUT2D eigenvalue weighted by Gasteiger charge is 2.26. The maximum Gasteiger partial charge on any atom is 0.220 e. The summed E-state index contributed by atoms with van der Waals surface area (Å²) in [4.78, 5) is 12.5. The van der Waals surface area contributed by atoms with Crippen LogP contribution in [0.25, 0.3) is 0 Å². The average Bonchev–Trinajstić information content (AvgIpc) is 3.33. The number of aliphatic hydroxyl groups is 3. The fourth-order valence-electron chi connectivity index (χ4n) is 9.53. The Morgan fingerprint density at radius 2 is 0.612 bits per heavy atom. The Hall–Kier alpha value is -1.43. The van der Waals surface area contributed by atoms with Crippen molar-refractivity contribution in [2.24, 2.45) is 0 Å². The molecule has 0 rings (SSSR count). The summed E-state index contributed by atoms with van der Waals surface area (Å²) in [5.74, 6) is -0.154. The van der Waals surface area contributed by atoms with Crippen LogP contribution in [-0.2, 0) is 4.79 Å². The van der Waals surface area contributed by atoms with Crippen LogP contribution in [-0.4, -0.2) is 46.1 Å². The molecule has 0 aromatic heterocycles.